The highest BCUT2D eigenvalue weighted by Crippen LogP contribution is 2.35. The summed E-state index contributed by atoms with van der Waals surface area (Å²) in [6, 6.07) is 0. The summed E-state index contributed by atoms with van der Waals surface area (Å²) >= 11 is 3.54. The Kier molecular flexibility index (Phi) is 4.38. The van der Waals surface area contributed by atoms with Gasteiger partial charge in [0.2, 0.25) is 0 Å². The number of nitrogens with two attached hydrogens (primary N) is 1. The van der Waals surface area contributed by atoms with Crippen molar-refractivity contribution in [2.45, 2.75) is 39.3 Å². The number of anilines is 2. The van der Waals surface area contributed by atoms with Crippen LogP contribution in [0, 0.1) is 0 Å². The van der Waals surface area contributed by atoms with Crippen molar-refractivity contribution < 1.29 is 4.74 Å². The van der Waals surface area contributed by atoms with Gasteiger partial charge in [0, 0.05) is 18.2 Å². The molecule has 0 radical (unpaired) electrons. The molecule has 4 nitrogen and oxygen atoms in total. The lowest BCUT2D eigenvalue weighted by molar-refractivity contribution is 0.119. The van der Waals surface area contributed by atoms with E-state index in [-0.39, 0.29) is 11.6 Å². The lowest BCUT2D eigenvalue weighted by Crippen LogP contribution is -2.27. The van der Waals surface area contributed by atoms with Crippen molar-refractivity contribution in [2.75, 3.05) is 18.2 Å². The van der Waals surface area contributed by atoms with E-state index in [1.165, 1.54) is 0 Å². The molecule has 0 aromatic carbocycles. The fourth-order valence-corrected chi connectivity index (χ4v) is 2.24. The van der Waals surface area contributed by atoms with Crippen LogP contribution in [0.3, 0.4) is 0 Å². The summed E-state index contributed by atoms with van der Waals surface area (Å²) < 4.78 is 6.18. The van der Waals surface area contributed by atoms with E-state index >= 15 is 0 Å². The van der Waals surface area contributed by atoms with Gasteiger partial charge in [0.15, 0.2) is 0 Å². The van der Waals surface area contributed by atoms with Gasteiger partial charge >= 0.3 is 0 Å². The number of halogens is 1. The summed E-state index contributed by atoms with van der Waals surface area (Å²) in [5, 5.41) is 3.33. The Morgan fingerprint density at radius 2 is 2.06 bits per heavy atom. The van der Waals surface area contributed by atoms with Gasteiger partial charge in [0.25, 0.3) is 0 Å². The second-order valence-electron chi connectivity index (χ2n) is 5.04. The molecule has 1 aromatic rings. The molecule has 0 saturated heterocycles. The van der Waals surface area contributed by atoms with E-state index < -0.39 is 0 Å². The fraction of sp³-hybridized carbons (Fsp3) is 0.583. The van der Waals surface area contributed by atoms with Crippen molar-refractivity contribution in [3.8, 4) is 0 Å². The highest BCUT2D eigenvalue weighted by atomic mass is 79.9. The molecule has 96 valence electrons. The van der Waals surface area contributed by atoms with Crippen molar-refractivity contribution in [2.24, 2.45) is 0 Å². The first kappa shape index (κ1) is 14.3. The molecule has 0 bridgehead atoms. The van der Waals surface area contributed by atoms with Crippen LogP contribution in [0.1, 0.15) is 39.4 Å². The minimum Gasteiger partial charge on any atom is -0.397 e. The van der Waals surface area contributed by atoms with Crippen molar-refractivity contribution >= 4 is 27.4 Å². The molecule has 17 heavy (non-hydrogen) atoms. The summed E-state index contributed by atoms with van der Waals surface area (Å²) in [5.74, 6) is 0.783. The third-order valence-corrected chi connectivity index (χ3v) is 3.14. The monoisotopic (exact) mass is 301 g/mol. The molecular formula is C12H20BrN3O. The van der Waals surface area contributed by atoms with Gasteiger partial charge in [-0.3, -0.25) is 0 Å². The SMILES string of the molecule is COC(C)c1c(N)cnc(NC(C)(C)C)c1Br. The largest absolute Gasteiger partial charge is 0.397 e. The van der Waals surface area contributed by atoms with Crippen molar-refractivity contribution in [3.05, 3.63) is 16.2 Å². The number of hydrogen-bond donors (Lipinski definition) is 2. The number of methoxy groups -OCH3 is 1. The smallest absolute Gasteiger partial charge is 0.141 e. The van der Waals surface area contributed by atoms with Gasteiger partial charge < -0.3 is 15.8 Å². The first-order valence-corrected chi connectivity index (χ1v) is 6.30. The summed E-state index contributed by atoms with van der Waals surface area (Å²) in [6.45, 7) is 8.20. The molecule has 1 heterocycles. The number of aromatic nitrogens is 1. The van der Waals surface area contributed by atoms with Crippen LogP contribution in [0.4, 0.5) is 11.5 Å². The minimum absolute atomic E-state index is 0.0563. The Morgan fingerprint density at radius 1 is 1.47 bits per heavy atom. The van der Waals surface area contributed by atoms with Gasteiger partial charge in [0.1, 0.15) is 5.82 Å². The zero-order valence-corrected chi connectivity index (χ0v) is 12.6. The second-order valence-corrected chi connectivity index (χ2v) is 5.84. The van der Waals surface area contributed by atoms with Crippen molar-refractivity contribution in [3.63, 3.8) is 0 Å². The van der Waals surface area contributed by atoms with E-state index in [1.807, 2.05) is 6.92 Å². The predicted molar refractivity (Wildman–Crippen MR) is 75.1 cm³/mol. The molecule has 0 aliphatic heterocycles. The topological polar surface area (TPSA) is 60.2 Å². The summed E-state index contributed by atoms with van der Waals surface area (Å²) in [7, 11) is 1.66. The number of nitrogens with one attached hydrogen (secondary N) is 1. The van der Waals surface area contributed by atoms with Crippen molar-refractivity contribution in [1.82, 2.24) is 4.98 Å². The van der Waals surface area contributed by atoms with E-state index in [0.717, 1.165) is 15.9 Å². The summed E-state index contributed by atoms with van der Waals surface area (Å²) in [4.78, 5) is 4.30. The van der Waals surface area contributed by atoms with Gasteiger partial charge in [-0.1, -0.05) is 0 Å². The molecule has 0 saturated carbocycles. The maximum atomic E-state index is 5.93. The van der Waals surface area contributed by atoms with E-state index in [9.17, 15) is 0 Å². The molecule has 0 aliphatic rings. The lowest BCUT2D eigenvalue weighted by Gasteiger charge is -2.24. The van der Waals surface area contributed by atoms with Crippen LogP contribution < -0.4 is 11.1 Å². The molecule has 1 unspecified atom stereocenters. The van der Waals surface area contributed by atoms with Gasteiger partial charge in [-0.25, -0.2) is 4.98 Å². The standard InChI is InChI=1S/C12H20BrN3O/c1-7(17-5)9-8(14)6-15-11(10(9)13)16-12(2,3)4/h6-7H,14H2,1-5H3,(H,15,16). The Morgan fingerprint density at radius 3 is 2.53 bits per heavy atom. The zero-order chi connectivity index (χ0) is 13.2. The molecule has 1 rings (SSSR count). The number of nitrogens with zero attached hydrogens (tertiary/aromatic N) is 1. The van der Waals surface area contributed by atoms with Crippen LogP contribution >= 0.6 is 15.9 Å². The highest BCUT2D eigenvalue weighted by molar-refractivity contribution is 9.10. The highest BCUT2D eigenvalue weighted by Gasteiger charge is 2.19. The Bertz CT molecular complexity index is 401. The molecular weight excluding hydrogens is 282 g/mol. The van der Waals surface area contributed by atoms with Crippen LogP contribution in [0.2, 0.25) is 0 Å². The molecule has 3 N–H and O–H groups in total. The van der Waals surface area contributed by atoms with Crippen LogP contribution in [-0.4, -0.2) is 17.6 Å². The quantitative estimate of drug-likeness (QED) is 0.899. The van der Waals surface area contributed by atoms with Crippen LogP contribution in [-0.2, 0) is 4.74 Å². The van der Waals surface area contributed by atoms with Gasteiger partial charge in [-0.05, 0) is 43.6 Å². The fourth-order valence-electron chi connectivity index (χ4n) is 1.49. The van der Waals surface area contributed by atoms with Crippen molar-refractivity contribution in [1.29, 1.82) is 0 Å². The molecule has 5 heteroatoms. The van der Waals surface area contributed by atoms with E-state index in [4.69, 9.17) is 10.5 Å². The lowest BCUT2D eigenvalue weighted by atomic mass is 10.1. The number of rotatable bonds is 3. The predicted octanol–water partition coefficient (Wildman–Crippen LogP) is 3.34. The van der Waals surface area contributed by atoms with Gasteiger partial charge in [-0.15, -0.1) is 0 Å². The second kappa shape index (κ2) is 5.23. The summed E-state index contributed by atoms with van der Waals surface area (Å²) in [5.41, 5.74) is 7.43. The van der Waals surface area contributed by atoms with Crippen LogP contribution in [0.25, 0.3) is 0 Å². The molecule has 0 spiro atoms. The van der Waals surface area contributed by atoms with Gasteiger partial charge in [-0.2, -0.15) is 0 Å². The Hall–Kier alpha value is -0.810. The van der Waals surface area contributed by atoms with E-state index in [0.29, 0.717) is 5.69 Å². The third-order valence-electron chi connectivity index (χ3n) is 2.34. The molecule has 0 aliphatic carbocycles. The molecule has 1 aromatic heterocycles. The van der Waals surface area contributed by atoms with E-state index in [2.05, 4.69) is 47.0 Å². The molecule has 1 atom stereocenters. The summed E-state index contributed by atoms with van der Waals surface area (Å²) in [6.07, 6.45) is 1.58. The maximum absolute atomic E-state index is 5.93. The number of nitrogen functional groups attached to an aromatic ring is 1. The average molecular weight is 302 g/mol. The number of hydrogen-bond acceptors (Lipinski definition) is 4. The van der Waals surface area contributed by atoms with Crippen LogP contribution in [0.15, 0.2) is 10.7 Å². The van der Waals surface area contributed by atoms with E-state index in [1.54, 1.807) is 13.3 Å². The number of ether oxygens (including phenoxy) is 1. The minimum atomic E-state index is -0.0760. The maximum Gasteiger partial charge on any atom is 0.141 e. The first-order chi connectivity index (χ1) is 7.76. The molecule has 0 amide bonds. The first-order valence-electron chi connectivity index (χ1n) is 5.51. The van der Waals surface area contributed by atoms with Gasteiger partial charge in [0.05, 0.1) is 22.5 Å². The number of pyridine rings is 1. The Labute approximate surface area is 111 Å². The Balaban J connectivity index is 3.19. The average Bonchev–Trinajstić information content (AvgIpc) is 2.20. The third kappa shape index (κ3) is 3.57. The molecule has 0 fully saturated rings. The zero-order valence-electron chi connectivity index (χ0n) is 11.0. The van der Waals surface area contributed by atoms with Crippen LogP contribution in [0.5, 0.6) is 0 Å². The normalized spacial score (nSPS) is 13.5.